The number of hydrogen-bond acceptors (Lipinski definition) is 6. The number of carbonyl (C=O) groups is 2. The Morgan fingerprint density at radius 1 is 0.841 bits per heavy atom. The van der Waals surface area contributed by atoms with E-state index in [0.717, 1.165) is 39.0 Å². The van der Waals surface area contributed by atoms with Crippen LogP contribution in [0.4, 0.5) is 0 Å². The monoisotopic (exact) mass is 599 g/mol. The molecule has 0 bridgehead atoms. The Bertz CT molecular complexity index is 2130. The molecule has 1 aliphatic carbocycles. The van der Waals surface area contributed by atoms with E-state index in [9.17, 15) is 14.7 Å². The van der Waals surface area contributed by atoms with Crippen molar-refractivity contribution in [1.82, 2.24) is 24.5 Å². The van der Waals surface area contributed by atoms with E-state index in [2.05, 4.69) is 16.1 Å². The summed E-state index contributed by atoms with van der Waals surface area (Å²) < 4.78 is 1.75. The summed E-state index contributed by atoms with van der Waals surface area (Å²) in [6.45, 7) is 3.66. The average molecular weight is 600 g/mol. The number of benzene rings is 3. The summed E-state index contributed by atoms with van der Waals surface area (Å²) in [6, 6.07) is 26.3. The molecule has 216 valence electrons. The molecular formula is C35H26ClN5O3. The van der Waals surface area contributed by atoms with Gasteiger partial charge in [-0.1, -0.05) is 60.1 Å². The number of amides is 2. The van der Waals surface area contributed by atoms with Gasteiger partial charge in [0.2, 0.25) is 0 Å². The van der Waals surface area contributed by atoms with E-state index in [4.69, 9.17) is 16.6 Å². The van der Waals surface area contributed by atoms with Gasteiger partial charge >= 0.3 is 0 Å². The van der Waals surface area contributed by atoms with Crippen LogP contribution in [-0.2, 0) is 5.54 Å². The average Bonchev–Trinajstić information content (AvgIpc) is 3.52. The minimum Gasteiger partial charge on any atom is -0.390 e. The van der Waals surface area contributed by atoms with Crippen LogP contribution in [0.1, 0.15) is 51.7 Å². The molecule has 8 nitrogen and oxygen atoms in total. The molecule has 0 saturated heterocycles. The lowest BCUT2D eigenvalue weighted by atomic mass is 9.61. The lowest BCUT2D eigenvalue weighted by molar-refractivity contribution is -0.118. The first-order valence-electron chi connectivity index (χ1n) is 14.4. The number of halogens is 1. The van der Waals surface area contributed by atoms with Crippen molar-refractivity contribution < 1.29 is 14.7 Å². The zero-order valence-corrected chi connectivity index (χ0v) is 24.7. The third-order valence-electron chi connectivity index (χ3n) is 8.80. The minimum absolute atomic E-state index is 0.249. The molecule has 1 N–H and O–H groups in total. The highest BCUT2D eigenvalue weighted by Gasteiger charge is 2.60. The highest BCUT2D eigenvalue weighted by Crippen LogP contribution is 2.54. The van der Waals surface area contributed by atoms with Gasteiger partial charge in [0.1, 0.15) is 0 Å². The Balaban J connectivity index is 1.27. The van der Waals surface area contributed by atoms with Crippen LogP contribution in [0.25, 0.3) is 39.1 Å². The van der Waals surface area contributed by atoms with E-state index in [1.165, 1.54) is 4.90 Å². The van der Waals surface area contributed by atoms with Crippen LogP contribution in [-0.4, -0.2) is 47.0 Å². The van der Waals surface area contributed by atoms with Crippen LogP contribution in [0.3, 0.4) is 0 Å². The Hall–Kier alpha value is -4.92. The third-order valence-corrected chi connectivity index (χ3v) is 9.05. The molecule has 1 fully saturated rings. The van der Waals surface area contributed by atoms with Gasteiger partial charge in [-0.15, -0.1) is 0 Å². The molecule has 3 aromatic carbocycles. The van der Waals surface area contributed by atoms with Gasteiger partial charge in [0.15, 0.2) is 11.3 Å². The van der Waals surface area contributed by atoms with E-state index in [-0.39, 0.29) is 24.7 Å². The predicted molar refractivity (Wildman–Crippen MR) is 167 cm³/mol. The van der Waals surface area contributed by atoms with Crippen molar-refractivity contribution in [3.8, 4) is 22.4 Å². The van der Waals surface area contributed by atoms with Crippen molar-refractivity contribution >= 4 is 40.1 Å². The number of aliphatic hydroxyl groups is 1. The van der Waals surface area contributed by atoms with E-state index in [1.54, 1.807) is 41.9 Å². The van der Waals surface area contributed by atoms with E-state index >= 15 is 0 Å². The number of fused-ring (bicyclic) bond motifs is 4. The quantitative estimate of drug-likeness (QED) is 0.229. The number of aromatic nitrogens is 4. The molecule has 6 aromatic rings. The first-order valence-corrected chi connectivity index (χ1v) is 14.7. The van der Waals surface area contributed by atoms with E-state index in [1.807, 2.05) is 61.5 Å². The molecule has 0 unspecified atom stereocenters. The van der Waals surface area contributed by atoms with E-state index < -0.39 is 11.1 Å². The molecule has 2 aliphatic rings. The van der Waals surface area contributed by atoms with Crippen molar-refractivity contribution in [3.05, 3.63) is 119 Å². The molecule has 0 radical (unpaired) electrons. The van der Waals surface area contributed by atoms with Gasteiger partial charge in [0, 0.05) is 46.6 Å². The van der Waals surface area contributed by atoms with Crippen LogP contribution < -0.4 is 0 Å². The molecule has 0 spiro atoms. The second-order valence-electron chi connectivity index (χ2n) is 12.1. The Kier molecular flexibility index (Phi) is 5.63. The standard InChI is InChI=1S/C35H26ClN5O3/c1-20-15-29-37-17-23-16-28(21-9-13-25(36)14-10-21)30(38-31(23)41(29)39-20)22-7-11-24(12-8-22)35(18-34(2,44)19-35)40-32(42)26-5-3-4-6-27(26)33(40)43/h3-17,44H,18-19H2,1-2H3/t34-,35-. The second kappa shape index (κ2) is 9.29. The van der Waals surface area contributed by atoms with Crippen LogP contribution >= 0.6 is 11.6 Å². The zero-order valence-electron chi connectivity index (χ0n) is 24.0. The summed E-state index contributed by atoms with van der Waals surface area (Å²) in [5.41, 5.74) is 5.25. The number of imide groups is 1. The number of carbonyl (C=O) groups excluding carboxylic acids is 2. The van der Waals surface area contributed by atoms with Crippen molar-refractivity contribution in [1.29, 1.82) is 0 Å². The maximum absolute atomic E-state index is 13.6. The lowest BCUT2D eigenvalue weighted by Gasteiger charge is -2.55. The van der Waals surface area contributed by atoms with Gasteiger partial charge in [0.25, 0.3) is 11.8 Å². The zero-order chi connectivity index (χ0) is 30.4. The minimum atomic E-state index is -1.00. The fraction of sp³-hybridized carbons (Fsp3) is 0.171. The highest BCUT2D eigenvalue weighted by molar-refractivity contribution is 6.30. The Morgan fingerprint density at radius 3 is 2.11 bits per heavy atom. The molecule has 1 aliphatic heterocycles. The fourth-order valence-electron chi connectivity index (χ4n) is 6.94. The van der Waals surface area contributed by atoms with Crippen LogP contribution in [0, 0.1) is 6.92 Å². The molecule has 2 amide bonds. The highest BCUT2D eigenvalue weighted by atomic mass is 35.5. The SMILES string of the molecule is Cc1cc2ncc3cc(-c4ccc(Cl)cc4)c(-c4ccc([C@]5(N6C(=O)c7ccccc7C6=O)C[C@](C)(O)C5)cc4)nc3n2n1. The van der Waals surface area contributed by atoms with Crippen molar-refractivity contribution in [2.45, 2.75) is 37.8 Å². The van der Waals surface area contributed by atoms with Gasteiger partial charge < -0.3 is 5.11 Å². The largest absolute Gasteiger partial charge is 0.390 e. The molecule has 0 atom stereocenters. The maximum atomic E-state index is 13.6. The van der Waals surface area contributed by atoms with Crippen LogP contribution in [0.2, 0.25) is 5.02 Å². The summed E-state index contributed by atoms with van der Waals surface area (Å²) in [7, 11) is 0. The molecular weight excluding hydrogens is 574 g/mol. The third kappa shape index (κ3) is 3.91. The maximum Gasteiger partial charge on any atom is 0.262 e. The topological polar surface area (TPSA) is 101 Å². The Morgan fingerprint density at radius 2 is 1.48 bits per heavy atom. The normalized spacial score (nSPS) is 21.2. The van der Waals surface area contributed by atoms with Gasteiger partial charge in [0.05, 0.1) is 33.7 Å². The van der Waals surface area contributed by atoms with E-state index in [0.29, 0.717) is 27.4 Å². The molecule has 3 aromatic heterocycles. The lowest BCUT2D eigenvalue weighted by Crippen LogP contribution is -2.63. The first kappa shape index (κ1) is 26.7. The second-order valence-corrected chi connectivity index (χ2v) is 12.5. The summed E-state index contributed by atoms with van der Waals surface area (Å²) in [5, 5.41) is 17.0. The number of rotatable bonds is 4. The Labute approximate surface area is 257 Å². The number of hydrogen-bond donors (Lipinski definition) is 1. The summed E-state index contributed by atoms with van der Waals surface area (Å²) in [4.78, 5) is 38.2. The summed E-state index contributed by atoms with van der Waals surface area (Å²) in [6.07, 6.45) is 2.30. The van der Waals surface area contributed by atoms with Gasteiger partial charge in [-0.05, 0) is 55.3 Å². The van der Waals surface area contributed by atoms with Gasteiger partial charge in [-0.3, -0.25) is 14.5 Å². The van der Waals surface area contributed by atoms with Gasteiger partial charge in [-0.2, -0.15) is 9.61 Å². The van der Waals surface area contributed by atoms with Crippen molar-refractivity contribution in [3.63, 3.8) is 0 Å². The summed E-state index contributed by atoms with van der Waals surface area (Å²) in [5.74, 6) is -0.669. The molecule has 44 heavy (non-hydrogen) atoms. The number of nitrogens with zero attached hydrogens (tertiary/aromatic N) is 5. The van der Waals surface area contributed by atoms with Crippen LogP contribution in [0.15, 0.2) is 91.1 Å². The summed E-state index contributed by atoms with van der Waals surface area (Å²) >= 11 is 6.22. The fourth-order valence-corrected chi connectivity index (χ4v) is 7.06. The van der Waals surface area contributed by atoms with Crippen molar-refractivity contribution in [2.75, 3.05) is 0 Å². The first-order chi connectivity index (χ1) is 21.1. The smallest absolute Gasteiger partial charge is 0.262 e. The van der Waals surface area contributed by atoms with Gasteiger partial charge in [-0.25, -0.2) is 9.97 Å². The molecule has 1 saturated carbocycles. The number of pyridine rings is 1. The number of aryl methyl sites for hydroxylation is 1. The molecule has 8 rings (SSSR count). The van der Waals surface area contributed by atoms with Crippen LogP contribution in [0.5, 0.6) is 0 Å². The predicted octanol–water partition coefficient (Wildman–Crippen LogP) is 6.61. The molecule has 4 heterocycles. The molecule has 9 heteroatoms. The van der Waals surface area contributed by atoms with Crippen molar-refractivity contribution in [2.24, 2.45) is 0 Å².